The Morgan fingerprint density at radius 3 is 2.68 bits per heavy atom. The lowest BCUT2D eigenvalue weighted by molar-refractivity contribution is 1.06. The number of pyridine rings is 1. The summed E-state index contributed by atoms with van der Waals surface area (Å²) in [7, 11) is 0. The standard InChI is InChI=1S/C19H15N5S/c1-13-21-9-7-17(22-13)14-4-2-6-16(10-14)23-19-24-18(12-25-19)15-5-3-8-20-11-15/h2-12H,1H3,(H,23,24). The molecule has 0 aliphatic rings. The fourth-order valence-electron chi connectivity index (χ4n) is 2.47. The lowest BCUT2D eigenvalue weighted by atomic mass is 10.1. The van der Waals surface area contributed by atoms with Gasteiger partial charge in [0.05, 0.1) is 11.4 Å². The van der Waals surface area contributed by atoms with Gasteiger partial charge < -0.3 is 5.32 Å². The fourth-order valence-corrected chi connectivity index (χ4v) is 3.21. The highest BCUT2D eigenvalue weighted by Gasteiger charge is 2.06. The average Bonchev–Trinajstić information content (AvgIpc) is 3.11. The van der Waals surface area contributed by atoms with Gasteiger partial charge in [-0.3, -0.25) is 4.98 Å². The summed E-state index contributed by atoms with van der Waals surface area (Å²) in [5.41, 5.74) is 4.85. The molecule has 25 heavy (non-hydrogen) atoms. The Hall–Kier alpha value is -3.12. The Kier molecular flexibility index (Phi) is 4.18. The highest BCUT2D eigenvalue weighted by Crippen LogP contribution is 2.28. The number of aromatic nitrogens is 4. The van der Waals surface area contributed by atoms with Gasteiger partial charge in [-0.25, -0.2) is 15.0 Å². The van der Waals surface area contributed by atoms with E-state index >= 15 is 0 Å². The van der Waals surface area contributed by atoms with Crippen LogP contribution in [0.25, 0.3) is 22.5 Å². The second kappa shape index (κ2) is 6.78. The van der Waals surface area contributed by atoms with Crippen molar-refractivity contribution < 1.29 is 0 Å². The Bertz CT molecular complexity index is 997. The van der Waals surface area contributed by atoms with Gasteiger partial charge in [0.2, 0.25) is 0 Å². The molecule has 0 bridgehead atoms. The third-order valence-electron chi connectivity index (χ3n) is 3.65. The number of aryl methyl sites for hydroxylation is 1. The first-order valence-corrected chi connectivity index (χ1v) is 8.69. The topological polar surface area (TPSA) is 63.6 Å². The van der Waals surface area contributed by atoms with E-state index in [0.29, 0.717) is 0 Å². The van der Waals surface area contributed by atoms with E-state index in [1.807, 2.05) is 54.9 Å². The molecule has 5 nitrogen and oxygen atoms in total. The minimum Gasteiger partial charge on any atom is -0.332 e. The van der Waals surface area contributed by atoms with E-state index in [2.05, 4.69) is 31.3 Å². The average molecular weight is 345 g/mol. The second-order valence-corrected chi connectivity index (χ2v) is 6.33. The van der Waals surface area contributed by atoms with Crippen molar-refractivity contribution in [1.29, 1.82) is 0 Å². The summed E-state index contributed by atoms with van der Waals surface area (Å²) < 4.78 is 0. The molecular formula is C19H15N5S. The van der Waals surface area contributed by atoms with Crippen LogP contribution in [0.5, 0.6) is 0 Å². The molecule has 6 heteroatoms. The number of hydrogen-bond acceptors (Lipinski definition) is 6. The van der Waals surface area contributed by atoms with Gasteiger partial charge in [-0.15, -0.1) is 11.3 Å². The lowest BCUT2D eigenvalue weighted by Gasteiger charge is -2.06. The van der Waals surface area contributed by atoms with E-state index in [9.17, 15) is 0 Å². The van der Waals surface area contributed by atoms with E-state index in [0.717, 1.165) is 39.2 Å². The van der Waals surface area contributed by atoms with Crippen LogP contribution in [0.4, 0.5) is 10.8 Å². The maximum atomic E-state index is 4.63. The van der Waals surface area contributed by atoms with Crippen LogP contribution >= 0.6 is 11.3 Å². The first-order valence-electron chi connectivity index (χ1n) is 7.81. The van der Waals surface area contributed by atoms with Crippen LogP contribution in [0.1, 0.15) is 5.82 Å². The van der Waals surface area contributed by atoms with E-state index in [1.54, 1.807) is 23.7 Å². The molecule has 4 aromatic rings. The molecule has 0 aliphatic heterocycles. The van der Waals surface area contributed by atoms with Crippen LogP contribution < -0.4 is 5.32 Å². The summed E-state index contributed by atoms with van der Waals surface area (Å²) in [6.45, 7) is 1.89. The normalized spacial score (nSPS) is 10.6. The SMILES string of the molecule is Cc1nccc(-c2cccc(Nc3nc(-c4cccnc4)cs3)c2)n1. The van der Waals surface area contributed by atoms with E-state index in [4.69, 9.17) is 0 Å². The lowest BCUT2D eigenvalue weighted by Crippen LogP contribution is -1.92. The van der Waals surface area contributed by atoms with Crippen molar-refractivity contribution in [3.05, 3.63) is 72.3 Å². The third kappa shape index (κ3) is 3.54. The van der Waals surface area contributed by atoms with Gasteiger partial charge in [-0.1, -0.05) is 12.1 Å². The van der Waals surface area contributed by atoms with Gasteiger partial charge in [-0.05, 0) is 37.3 Å². The molecule has 1 N–H and O–H groups in total. The minimum atomic E-state index is 0.761. The molecule has 4 rings (SSSR count). The zero-order chi connectivity index (χ0) is 17.1. The number of nitrogens with zero attached hydrogens (tertiary/aromatic N) is 4. The summed E-state index contributed by atoms with van der Waals surface area (Å²) >= 11 is 1.57. The molecule has 0 atom stereocenters. The molecule has 0 aliphatic carbocycles. The molecule has 0 fully saturated rings. The summed E-state index contributed by atoms with van der Waals surface area (Å²) in [5.74, 6) is 0.761. The smallest absolute Gasteiger partial charge is 0.187 e. The van der Waals surface area contributed by atoms with Gasteiger partial charge in [0.15, 0.2) is 5.13 Å². The number of rotatable bonds is 4. The van der Waals surface area contributed by atoms with Gasteiger partial charge in [0.1, 0.15) is 5.82 Å². The van der Waals surface area contributed by atoms with E-state index in [-0.39, 0.29) is 0 Å². The zero-order valence-corrected chi connectivity index (χ0v) is 14.4. The third-order valence-corrected chi connectivity index (χ3v) is 4.40. The highest BCUT2D eigenvalue weighted by molar-refractivity contribution is 7.14. The molecule has 0 saturated carbocycles. The quantitative estimate of drug-likeness (QED) is 0.580. The maximum absolute atomic E-state index is 4.63. The van der Waals surface area contributed by atoms with Crippen LogP contribution in [0.3, 0.4) is 0 Å². The molecule has 0 amide bonds. The number of benzene rings is 1. The van der Waals surface area contributed by atoms with E-state index < -0.39 is 0 Å². The summed E-state index contributed by atoms with van der Waals surface area (Å²) in [4.78, 5) is 17.4. The predicted molar refractivity (Wildman–Crippen MR) is 101 cm³/mol. The number of anilines is 2. The van der Waals surface area contributed by atoms with Crippen molar-refractivity contribution >= 4 is 22.2 Å². The minimum absolute atomic E-state index is 0.761. The Morgan fingerprint density at radius 1 is 0.920 bits per heavy atom. The molecule has 0 radical (unpaired) electrons. The highest BCUT2D eigenvalue weighted by atomic mass is 32.1. The predicted octanol–water partition coefficient (Wildman–Crippen LogP) is 4.71. The van der Waals surface area contributed by atoms with E-state index in [1.165, 1.54) is 0 Å². The van der Waals surface area contributed by atoms with Crippen molar-refractivity contribution in [3.8, 4) is 22.5 Å². The number of hydrogen-bond donors (Lipinski definition) is 1. The molecule has 122 valence electrons. The summed E-state index contributed by atoms with van der Waals surface area (Å²) in [6.07, 6.45) is 5.35. The van der Waals surface area contributed by atoms with Crippen LogP contribution in [0.2, 0.25) is 0 Å². The first-order chi connectivity index (χ1) is 12.3. The largest absolute Gasteiger partial charge is 0.332 e. The van der Waals surface area contributed by atoms with Crippen molar-refractivity contribution in [3.63, 3.8) is 0 Å². The second-order valence-electron chi connectivity index (χ2n) is 5.47. The molecule has 0 spiro atoms. The van der Waals surface area contributed by atoms with Crippen molar-refractivity contribution in [2.75, 3.05) is 5.32 Å². The maximum Gasteiger partial charge on any atom is 0.187 e. The number of nitrogens with one attached hydrogen (secondary N) is 1. The van der Waals surface area contributed by atoms with Crippen molar-refractivity contribution in [1.82, 2.24) is 19.9 Å². The zero-order valence-electron chi connectivity index (χ0n) is 13.5. The van der Waals surface area contributed by atoms with Crippen LogP contribution in [-0.4, -0.2) is 19.9 Å². The first kappa shape index (κ1) is 15.4. The number of thiazole rings is 1. The van der Waals surface area contributed by atoms with Crippen LogP contribution in [-0.2, 0) is 0 Å². The molecule has 0 unspecified atom stereocenters. The molecule has 0 saturated heterocycles. The fraction of sp³-hybridized carbons (Fsp3) is 0.0526. The van der Waals surface area contributed by atoms with Crippen LogP contribution in [0, 0.1) is 6.92 Å². The van der Waals surface area contributed by atoms with Crippen molar-refractivity contribution in [2.45, 2.75) is 6.92 Å². The van der Waals surface area contributed by atoms with Gasteiger partial charge in [0, 0.05) is 40.8 Å². The van der Waals surface area contributed by atoms with Crippen LogP contribution in [0.15, 0.2) is 66.4 Å². The Morgan fingerprint density at radius 2 is 1.84 bits per heavy atom. The van der Waals surface area contributed by atoms with Crippen molar-refractivity contribution in [2.24, 2.45) is 0 Å². The van der Waals surface area contributed by atoms with Gasteiger partial charge in [-0.2, -0.15) is 0 Å². The Balaban J connectivity index is 1.58. The Labute approximate surface area is 149 Å². The molecule has 3 heterocycles. The monoisotopic (exact) mass is 345 g/mol. The molecule has 3 aromatic heterocycles. The summed E-state index contributed by atoms with van der Waals surface area (Å²) in [5, 5.41) is 6.23. The molecule has 1 aromatic carbocycles. The van der Waals surface area contributed by atoms with Gasteiger partial charge >= 0.3 is 0 Å². The molecular weight excluding hydrogens is 330 g/mol. The van der Waals surface area contributed by atoms with Gasteiger partial charge in [0.25, 0.3) is 0 Å². The summed E-state index contributed by atoms with van der Waals surface area (Å²) in [6, 6.07) is 13.9.